The quantitative estimate of drug-likeness (QED) is 0.473. The van der Waals surface area contributed by atoms with Crippen molar-refractivity contribution in [3.63, 3.8) is 0 Å². The van der Waals surface area contributed by atoms with Crippen LogP contribution in [-0.4, -0.2) is 73.2 Å². The third kappa shape index (κ3) is 3.77. The molecule has 0 saturated carbocycles. The number of fused-ring (bicyclic) bond motifs is 2. The molecule has 1 aliphatic rings. The van der Waals surface area contributed by atoms with Crippen LogP contribution in [0.15, 0.2) is 43.0 Å². The van der Waals surface area contributed by atoms with Gasteiger partial charge in [-0.1, -0.05) is 12.1 Å². The summed E-state index contributed by atoms with van der Waals surface area (Å²) in [7, 11) is 1.19. The summed E-state index contributed by atoms with van der Waals surface area (Å²) in [5.74, 6) is 0.536. The van der Waals surface area contributed by atoms with Gasteiger partial charge in [0.15, 0.2) is 11.5 Å². The third-order valence-electron chi connectivity index (χ3n) is 5.77. The highest BCUT2D eigenvalue weighted by Gasteiger charge is 2.29. The first kappa shape index (κ1) is 20.6. The van der Waals surface area contributed by atoms with Crippen LogP contribution in [0.5, 0.6) is 5.75 Å². The lowest BCUT2D eigenvalue weighted by Gasteiger charge is -2.26. The smallest absolute Gasteiger partial charge is 0.414 e. The number of imidazole rings is 1. The molecule has 5 rings (SSSR count). The maximum absolute atomic E-state index is 12.6. The van der Waals surface area contributed by atoms with Crippen LogP contribution in [0, 0.1) is 0 Å². The lowest BCUT2D eigenvalue weighted by molar-refractivity contribution is 0.0776. The minimum absolute atomic E-state index is 0.00634. The van der Waals surface area contributed by atoms with E-state index in [1.165, 1.54) is 19.4 Å². The van der Waals surface area contributed by atoms with Crippen LogP contribution in [0.2, 0.25) is 0 Å². The van der Waals surface area contributed by atoms with E-state index in [4.69, 9.17) is 9.84 Å². The van der Waals surface area contributed by atoms with Gasteiger partial charge in [0.1, 0.15) is 29.9 Å². The number of carbonyl (C=O) groups is 2. The molecule has 3 aromatic heterocycles. The maximum Gasteiger partial charge on any atom is 0.414 e. The summed E-state index contributed by atoms with van der Waals surface area (Å²) in [5, 5.41) is 9.91. The number of carbonyl (C=O) groups excluding carboxylic acids is 1. The molecule has 1 aliphatic heterocycles. The van der Waals surface area contributed by atoms with Crippen LogP contribution < -0.4 is 9.64 Å². The average molecular weight is 447 g/mol. The van der Waals surface area contributed by atoms with Crippen LogP contribution in [0.3, 0.4) is 0 Å². The second-order valence-electron chi connectivity index (χ2n) is 7.77. The van der Waals surface area contributed by atoms with Crippen LogP contribution in [0.4, 0.5) is 10.6 Å². The van der Waals surface area contributed by atoms with E-state index >= 15 is 0 Å². The molecule has 11 nitrogen and oxygen atoms in total. The highest BCUT2D eigenvalue weighted by atomic mass is 16.5. The van der Waals surface area contributed by atoms with Gasteiger partial charge in [-0.05, 0) is 25.0 Å². The predicted octanol–water partition coefficient (Wildman–Crippen LogP) is 2.70. The second kappa shape index (κ2) is 8.34. The fourth-order valence-electron chi connectivity index (χ4n) is 4.07. The van der Waals surface area contributed by atoms with Gasteiger partial charge < -0.3 is 19.7 Å². The van der Waals surface area contributed by atoms with Gasteiger partial charge in [-0.3, -0.25) is 4.79 Å². The molecule has 0 unspecified atom stereocenters. The number of pyridine rings is 1. The standard InChI is InChI=1S/C22H21N7O4/c1-28(22(31)32)21(30)16-9-17(14-6-2-3-7-15(14)27-16)33-10-13-5-4-8-29(13)20-18-19(24-11-23-18)25-12-26-20/h2-3,6-7,9,11-13H,4-5,8,10H2,1H3,(H,31,32)(H,23,24,25,26)/t13-/m1/s1. The van der Waals surface area contributed by atoms with Crippen LogP contribution in [0.1, 0.15) is 23.3 Å². The minimum Gasteiger partial charge on any atom is -0.491 e. The zero-order valence-electron chi connectivity index (χ0n) is 17.8. The van der Waals surface area contributed by atoms with Crippen molar-refractivity contribution in [3.05, 3.63) is 48.7 Å². The van der Waals surface area contributed by atoms with E-state index in [1.807, 2.05) is 12.1 Å². The van der Waals surface area contributed by atoms with Crippen molar-refractivity contribution in [2.24, 2.45) is 0 Å². The molecule has 4 aromatic rings. The molecular weight excluding hydrogens is 426 g/mol. The van der Waals surface area contributed by atoms with E-state index < -0.39 is 12.0 Å². The molecule has 168 valence electrons. The molecule has 0 bridgehead atoms. The zero-order valence-corrected chi connectivity index (χ0v) is 17.8. The number of ether oxygens (including phenoxy) is 1. The summed E-state index contributed by atoms with van der Waals surface area (Å²) >= 11 is 0. The summed E-state index contributed by atoms with van der Waals surface area (Å²) in [5.41, 5.74) is 1.95. The Hall–Kier alpha value is -4.28. The number of aromatic nitrogens is 5. The molecule has 0 aliphatic carbocycles. The highest BCUT2D eigenvalue weighted by Crippen LogP contribution is 2.30. The number of H-pyrrole nitrogens is 1. The van der Waals surface area contributed by atoms with Crippen LogP contribution >= 0.6 is 0 Å². The average Bonchev–Trinajstić information content (AvgIpc) is 3.50. The molecule has 11 heteroatoms. The summed E-state index contributed by atoms with van der Waals surface area (Å²) in [6.45, 7) is 1.18. The number of aromatic amines is 1. The van der Waals surface area contributed by atoms with Gasteiger partial charge in [0.05, 0.1) is 17.9 Å². The van der Waals surface area contributed by atoms with E-state index in [2.05, 4.69) is 29.8 Å². The minimum atomic E-state index is -1.35. The predicted molar refractivity (Wildman–Crippen MR) is 119 cm³/mol. The molecule has 1 aromatic carbocycles. The van der Waals surface area contributed by atoms with Crippen molar-refractivity contribution < 1.29 is 19.4 Å². The lowest BCUT2D eigenvalue weighted by atomic mass is 10.1. The number of hydrogen-bond donors (Lipinski definition) is 2. The van der Waals surface area contributed by atoms with Crippen molar-refractivity contribution >= 4 is 39.9 Å². The number of amides is 2. The Bertz CT molecular complexity index is 1360. The van der Waals surface area contributed by atoms with Crippen LogP contribution in [0.25, 0.3) is 22.1 Å². The zero-order chi connectivity index (χ0) is 22.9. The number of carboxylic acid groups (broad SMARTS) is 1. The molecule has 2 amide bonds. The van der Waals surface area contributed by atoms with Gasteiger partial charge in [-0.15, -0.1) is 0 Å². The van der Waals surface area contributed by atoms with Gasteiger partial charge in [0.2, 0.25) is 0 Å². The fraction of sp³-hybridized carbons (Fsp3) is 0.273. The molecule has 33 heavy (non-hydrogen) atoms. The number of rotatable bonds is 5. The van der Waals surface area contributed by atoms with E-state index in [0.29, 0.717) is 28.4 Å². The molecule has 0 radical (unpaired) electrons. The highest BCUT2D eigenvalue weighted by molar-refractivity contribution is 6.03. The third-order valence-corrected chi connectivity index (χ3v) is 5.77. The van der Waals surface area contributed by atoms with Crippen LogP contribution in [-0.2, 0) is 0 Å². The molecule has 1 fully saturated rings. The van der Waals surface area contributed by atoms with E-state index in [0.717, 1.165) is 36.1 Å². The first-order valence-electron chi connectivity index (χ1n) is 10.5. The first-order valence-corrected chi connectivity index (χ1v) is 10.5. The van der Waals surface area contributed by atoms with Gasteiger partial charge >= 0.3 is 6.09 Å². The van der Waals surface area contributed by atoms with E-state index in [-0.39, 0.29) is 11.7 Å². The Morgan fingerprint density at radius 3 is 2.97 bits per heavy atom. The molecule has 1 atom stereocenters. The van der Waals surface area contributed by atoms with Gasteiger partial charge in [0.25, 0.3) is 5.91 Å². The summed E-state index contributed by atoms with van der Waals surface area (Å²) in [6, 6.07) is 8.84. The summed E-state index contributed by atoms with van der Waals surface area (Å²) < 4.78 is 6.21. The second-order valence-corrected chi connectivity index (χ2v) is 7.77. The van der Waals surface area contributed by atoms with Crippen molar-refractivity contribution in [2.75, 3.05) is 25.1 Å². The summed E-state index contributed by atoms with van der Waals surface area (Å²) in [4.78, 5) is 46.9. The SMILES string of the molecule is CN(C(=O)O)C(=O)c1cc(OC[C@H]2CCCN2c2ncnc3nc[nH]c23)c2ccccc2n1. The van der Waals surface area contributed by atoms with Crippen molar-refractivity contribution in [2.45, 2.75) is 18.9 Å². The number of anilines is 1. The fourth-order valence-corrected chi connectivity index (χ4v) is 4.07. The topological polar surface area (TPSA) is 137 Å². The van der Waals surface area contributed by atoms with Gasteiger partial charge in [-0.2, -0.15) is 0 Å². The maximum atomic E-state index is 12.6. The van der Waals surface area contributed by atoms with Crippen molar-refractivity contribution in [3.8, 4) is 5.75 Å². The number of benzene rings is 1. The number of nitrogens with one attached hydrogen (secondary N) is 1. The number of hydrogen-bond acceptors (Lipinski definition) is 8. The molecular formula is C22H21N7O4. The Morgan fingerprint density at radius 2 is 2.12 bits per heavy atom. The van der Waals surface area contributed by atoms with Crippen molar-refractivity contribution in [1.29, 1.82) is 0 Å². The Morgan fingerprint density at radius 1 is 1.27 bits per heavy atom. The van der Waals surface area contributed by atoms with E-state index in [1.54, 1.807) is 18.5 Å². The molecule has 2 N–H and O–H groups in total. The number of nitrogens with zero attached hydrogens (tertiary/aromatic N) is 6. The Kier molecular flexibility index (Phi) is 5.21. The normalized spacial score (nSPS) is 15.8. The number of imide groups is 1. The van der Waals surface area contributed by atoms with Crippen molar-refractivity contribution in [1.82, 2.24) is 29.8 Å². The molecule has 1 saturated heterocycles. The Labute approximate surface area is 188 Å². The lowest BCUT2D eigenvalue weighted by Crippen LogP contribution is -2.35. The Balaban J connectivity index is 1.43. The van der Waals surface area contributed by atoms with E-state index in [9.17, 15) is 9.59 Å². The largest absolute Gasteiger partial charge is 0.491 e. The van der Waals surface area contributed by atoms with Gasteiger partial charge in [-0.25, -0.2) is 29.6 Å². The monoisotopic (exact) mass is 447 g/mol. The number of para-hydroxylation sites is 1. The molecule has 0 spiro atoms. The first-order chi connectivity index (χ1) is 16.0. The van der Waals surface area contributed by atoms with Gasteiger partial charge in [0, 0.05) is 25.0 Å². The summed E-state index contributed by atoms with van der Waals surface area (Å²) in [6.07, 6.45) is 3.64. The molecule has 4 heterocycles.